The molecule has 0 aliphatic carbocycles. The number of carboxylic acid groups (broad SMARTS) is 1. The molecule has 0 saturated carbocycles. The normalized spacial score (nSPS) is 15.2. The van der Waals surface area contributed by atoms with Crippen LogP contribution in [-0.2, 0) is 9.59 Å². The van der Waals surface area contributed by atoms with Gasteiger partial charge in [0.05, 0.1) is 16.3 Å². The zero-order valence-electron chi connectivity index (χ0n) is 15.4. The van der Waals surface area contributed by atoms with E-state index in [1.807, 2.05) is 48.7 Å². The Morgan fingerprint density at radius 1 is 1.17 bits per heavy atom. The number of halogens is 1. The number of hydrogen-bond donors (Lipinski definition) is 1. The average molecular weight is 456 g/mol. The predicted molar refractivity (Wildman–Crippen MR) is 122 cm³/mol. The Kier molecular flexibility index (Phi) is 5.72. The van der Waals surface area contributed by atoms with Crippen molar-refractivity contribution in [3.63, 3.8) is 0 Å². The Balaban J connectivity index is 1.78. The van der Waals surface area contributed by atoms with Gasteiger partial charge in [0, 0.05) is 22.3 Å². The fraction of sp³-hybridized carbons (Fsp3) is 0.0476. The van der Waals surface area contributed by atoms with Crippen molar-refractivity contribution in [3.8, 4) is 16.9 Å². The molecular weight excluding hydrogens is 442 g/mol. The van der Waals surface area contributed by atoms with E-state index in [4.69, 9.17) is 34.0 Å². The van der Waals surface area contributed by atoms with Crippen LogP contribution >= 0.6 is 35.6 Å². The average Bonchev–Trinajstić information content (AvgIpc) is 3.26. The molecule has 1 aromatic heterocycles. The molecule has 150 valence electrons. The quantitative estimate of drug-likeness (QED) is 0.451. The van der Waals surface area contributed by atoms with Crippen LogP contribution < -0.4 is 0 Å². The van der Waals surface area contributed by atoms with Crippen molar-refractivity contribution in [2.45, 2.75) is 0 Å². The molecule has 1 amide bonds. The van der Waals surface area contributed by atoms with Gasteiger partial charge in [-0.15, -0.1) is 0 Å². The monoisotopic (exact) mass is 455 g/mol. The van der Waals surface area contributed by atoms with Crippen LogP contribution in [0.25, 0.3) is 23.0 Å². The van der Waals surface area contributed by atoms with Crippen molar-refractivity contribution in [3.05, 3.63) is 76.3 Å². The summed E-state index contributed by atoms with van der Waals surface area (Å²) in [6.45, 7) is -0.463. The molecule has 2 aromatic carbocycles. The van der Waals surface area contributed by atoms with Gasteiger partial charge >= 0.3 is 5.97 Å². The van der Waals surface area contributed by atoms with Crippen LogP contribution in [0.5, 0.6) is 0 Å². The highest BCUT2D eigenvalue weighted by atomic mass is 35.5. The Morgan fingerprint density at radius 2 is 1.87 bits per heavy atom. The smallest absolute Gasteiger partial charge is 0.323 e. The van der Waals surface area contributed by atoms with Gasteiger partial charge < -0.3 is 5.11 Å². The van der Waals surface area contributed by atoms with Gasteiger partial charge in [-0.1, -0.05) is 65.9 Å². The number of thioether (sulfide) groups is 1. The lowest BCUT2D eigenvalue weighted by Crippen LogP contribution is -2.33. The maximum Gasteiger partial charge on any atom is 0.323 e. The highest BCUT2D eigenvalue weighted by Crippen LogP contribution is 2.35. The Bertz CT molecular complexity index is 1170. The first kappa shape index (κ1) is 20.3. The molecule has 1 saturated heterocycles. The molecule has 0 bridgehead atoms. The third-order valence-electron chi connectivity index (χ3n) is 4.33. The lowest BCUT2D eigenvalue weighted by Gasteiger charge is -2.10. The number of carboxylic acids is 1. The van der Waals surface area contributed by atoms with E-state index in [1.54, 1.807) is 22.9 Å². The first-order chi connectivity index (χ1) is 14.4. The number of benzene rings is 2. The van der Waals surface area contributed by atoms with Crippen LogP contribution in [0.2, 0.25) is 5.02 Å². The van der Waals surface area contributed by atoms with Gasteiger partial charge in [0.15, 0.2) is 0 Å². The number of hydrogen-bond acceptors (Lipinski definition) is 5. The first-order valence-corrected chi connectivity index (χ1v) is 10.4. The second kappa shape index (κ2) is 8.43. The summed E-state index contributed by atoms with van der Waals surface area (Å²) < 4.78 is 1.95. The van der Waals surface area contributed by atoms with E-state index in [2.05, 4.69) is 0 Å². The van der Waals surface area contributed by atoms with Crippen LogP contribution in [0.4, 0.5) is 0 Å². The Hall–Kier alpha value is -2.94. The number of amides is 1. The Morgan fingerprint density at radius 3 is 2.53 bits per heavy atom. The van der Waals surface area contributed by atoms with Crippen molar-refractivity contribution < 1.29 is 14.7 Å². The molecule has 3 aromatic rings. The standard InChI is InChI=1S/C21H14ClN3O3S2/c22-15-8-6-13(7-9-15)19-14(11-25(23-19)16-4-2-1-3-5-16)10-17-20(28)24(12-18(26)27)21(29)30-17/h1-11H,12H2,(H,26,27)/b17-10-. The summed E-state index contributed by atoms with van der Waals surface area (Å²) in [6, 6.07) is 16.8. The number of nitrogens with zero attached hydrogens (tertiary/aromatic N) is 3. The third-order valence-corrected chi connectivity index (χ3v) is 5.96. The van der Waals surface area contributed by atoms with Gasteiger partial charge in [0.1, 0.15) is 10.9 Å². The number of para-hydroxylation sites is 1. The minimum atomic E-state index is -1.12. The van der Waals surface area contributed by atoms with Gasteiger partial charge in [-0.05, 0) is 30.3 Å². The highest BCUT2D eigenvalue weighted by Gasteiger charge is 2.33. The largest absolute Gasteiger partial charge is 0.480 e. The molecular formula is C21H14ClN3O3S2. The van der Waals surface area contributed by atoms with Gasteiger partial charge in [0.2, 0.25) is 0 Å². The van der Waals surface area contributed by atoms with Gasteiger partial charge in [-0.3, -0.25) is 14.5 Å². The molecule has 0 radical (unpaired) electrons. The lowest BCUT2D eigenvalue weighted by molar-refractivity contribution is -0.140. The van der Waals surface area contributed by atoms with Crippen molar-refractivity contribution >= 4 is 57.9 Å². The number of carbonyl (C=O) groups is 2. The van der Waals surface area contributed by atoms with Crippen molar-refractivity contribution in [1.82, 2.24) is 14.7 Å². The van der Waals surface area contributed by atoms with E-state index >= 15 is 0 Å². The molecule has 9 heteroatoms. The fourth-order valence-electron chi connectivity index (χ4n) is 2.95. The number of rotatable bonds is 5. The molecule has 4 rings (SSSR count). The van der Waals surface area contributed by atoms with Gasteiger partial charge in [-0.2, -0.15) is 5.10 Å². The summed E-state index contributed by atoms with van der Waals surface area (Å²) in [7, 11) is 0. The van der Waals surface area contributed by atoms with E-state index in [0.29, 0.717) is 21.2 Å². The van der Waals surface area contributed by atoms with Crippen LogP contribution in [0.3, 0.4) is 0 Å². The highest BCUT2D eigenvalue weighted by molar-refractivity contribution is 8.26. The summed E-state index contributed by atoms with van der Waals surface area (Å²) in [5, 5.41) is 14.3. The number of carbonyl (C=O) groups excluding carboxylic acids is 1. The predicted octanol–water partition coefficient (Wildman–Crippen LogP) is 4.48. The topological polar surface area (TPSA) is 75.4 Å². The fourth-order valence-corrected chi connectivity index (χ4v) is 4.32. The van der Waals surface area contributed by atoms with E-state index in [1.165, 1.54) is 0 Å². The summed E-state index contributed by atoms with van der Waals surface area (Å²) in [5.41, 5.74) is 3.07. The van der Waals surface area contributed by atoms with Crippen LogP contribution in [0.15, 0.2) is 65.7 Å². The minimum Gasteiger partial charge on any atom is -0.480 e. The molecule has 0 spiro atoms. The second-order valence-electron chi connectivity index (χ2n) is 6.38. The number of thiocarbonyl (C=S) groups is 1. The zero-order valence-corrected chi connectivity index (χ0v) is 17.7. The second-order valence-corrected chi connectivity index (χ2v) is 8.49. The van der Waals surface area contributed by atoms with E-state index in [0.717, 1.165) is 27.9 Å². The van der Waals surface area contributed by atoms with E-state index in [9.17, 15) is 9.59 Å². The maximum absolute atomic E-state index is 12.7. The third kappa shape index (κ3) is 4.16. The number of aliphatic carboxylic acids is 1. The zero-order chi connectivity index (χ0) is 21.3. The van der Waals surface area contributed by atoms with E-state index in [-0.39, 0.29) is 4.32 Å². The van der Waals surface area contributed by atoms with Crippen LogP contribution in [0, 0.1) is 0 Å². The summed E-state index contributed by atoms with van der Waals surface area (Å²) in [5.74, 6) is -1.55. The van der Waals surface area contributed by atoms with Gasteiger partial charge in [-0.25, -0.2) is 4.68 Å². The minimum absolute atomic E-state index is 0.220. The van der Waals surface area contributed by atoms with Crippen molar-refractivity contribution in [2.24, 2.45) is 0 Å². The molecule has 0 unspecified atom stereocenters. The molecule has 6 nitrogen and oxygen atoms in total. The SMILES string of the molecule is O=C(O)CN1C(=O)/C(=C/c2cn(-c3ccccc3)nc2-c2ccc(Cl)cc2)SC1=S. The first-order valence-electron chi connectivity index (χ1n) is 8.80. The molecule has 1 N–H and O–H groups in total. The van der Waals surface area contributed by atoms with Crippen LogP contribution in [0.1, 0.15) is 5.56 Å². The summed E-state index contributed by atoms with van der Waals surface area (Å²) in [6.07, 6.45) is 3.51. The molecule has 2 heterocycles. The van der Waals surface area contributed by atoms with E-state index < -0.39 is 18.4 Å². The van der Waals surface area contributed by atoms with Crippen LogP contribution in [-0.4, -0.2) is 42.5 Å². The summed E-state index contributed by atoms with van der Waals surface area (Å²) in [4.78, 5) is 25.1. The molecule has 1 aliphatic heterocycles. The van der Waals surface area contributed by atoms with Gasteiger partial charge in [0.25, 0.3) is 5.91 Å². The molecule has 30 heavy (non-hydrogen) atoms. The molecule has 0 atom stereocenters. The Labute approximate surface area is 186 Å². The molecule has 1 fully saturated rings. The van der Waals surface area contributed by atoms with Crippen molar-refractivity contribution in [2.75, 3.05) is 6.54 Å². The lowest BCUT2D eigenvalue weighted by atomic mass is 10.1. The number of aromatic nitrogens is 2. The van der Waals surface area contributed by atoms with Crippen molar-refractivity contribution in [1.29, 1.82) is 0 Å². The maximum atomic E-state index is 12.7. The summed E-state index contributed by atoms with van der Waals surface area (Å²) >= 11 is 12.3. The molecule has 1 aliphatic rings.